The van der Waals surface area contributed by atoms with Crippen LogP contribution in [0.1, 0.15) is 5.56 Å². The fourth-order valence-corrected chi connectivity index (χ4v) is 2.97. The third kappa shape index (κ3) is 7.17. The van der Waals surface area contributed by atoms with Crippen molar-refractivity contribution in [1.82, 2.24) is 15.5 Å². The van der Waals surface area contributed by atoms with Crippen LogP contribution >= 0.6 is 35.8 Å². The van der Waals surface area contributed by atoms with Crippen molar-refractivity contribution in [2.45, 2.75) is 5.75 Å². The number of halogens is 2. The van der Waals surface area contributed by atoms with Gasteiger partial charge in [0.15, 0.2) is 0 Å². The first kappa shape index (κ1) is 20.9. The molecular formula is C15H21Cl2N3O3S. The lowest BCUT2D eigenvalue weighted by Gasteiger charge is -2.26. The summed E-state index contributed by atoms with van der Waals surface area (Å²) in [5.74, 6) is 1.40. The number of amides is 2. The van der Waals surface area contributed by atoms with Gasteiger partial charge in [-0.3, -0.25) is 4.79 Å². The van der Waals surface area contributed by atoms with Crippen molar-refractivity contribution >= 4 is 47.1 Å². The highest BCUT2D eigenvalue weighted by atomic mass is 35.5. The maximum absolute atomic E-state index is 12.1. The van der Waals surface area contributed by atoms with Gasteiger partial charge in [0.1, 0.15) is 5.75 Å². The first-order chi connectivity index (χ1) is 11.2. The standard InChI is InChI=1S/C15H20ClN3O3S.ClH/c16-5-6-18-14(20)22-13-3-1-12(2-4-13)11-23-15(21)19-9-7-17-8-10-19;/h1-4,17H,5-11H2,(H,18,20);1H. The zero-order chi connectivity index (χ0) is 16.5. The summed E-state index contributed by atoms with van der Waals surface area (Å²) in [5, 5.41) is 5.84. The molecule has 0 unspecified atom stereocenters. The molecule has 1 aromatic rings. The van der Waals surface area contributed by atoms with Gasteiger partial charge in [-0.05, 0) is 17.7 Å². The van der Waals surface area contributed by atoms with E-state index >= 15 is 0 Å². The Bertz CT molecular complexity index is 525. The third-order valence-corrected chi connectivity index (χ3v) is 4.41. The molecule has 24 heavy (non-hydrogen) atoms. The van der Waals surface area contributed by atoms with Crippen LogP contribution in [0.5, 0.6) is 5.75 Å². The van der Waals surface area contributed by atoms with Crippen LogP contribution in [-0.4, -0.2) is 54.8 Å². The first-order valence-electron chi connectivity index (χ1n) is 7.42. The van der Waals surface area contributed by atoms with Crippen molar-refractivity contribution in [3.8, 4) is 5.75 Å². The molecule has 0 radical (unpaired) electrons. The summed E-state index contributed by atoms with van der Waals surface area (Å²) in [7, 11) is 0. The van der Waals surface area contributed by atoms with E-state index in [1.807, 2.05) is 17.0 Å². The first-order valence-corrected chi connectivity index (χ1v) is 8.94. The number of piperazine rings is 1. The Kier molecular flexibility index (Phi) is 9.94. The molecule has 0 aromatic heterocycles. The molecule has 1 aliphatic rings. The quantitative estimate of drug-likeness (QED) is 0.752. The molecule has 134 valence electrons. The van der Waals surface area contributed by atoms with E-state index < -0.39 is 6.09 Å². The van der Waals surface area contributed by atoms with Gasteiger partial charge in [-0.1, -0.05) is 23.9 Å². The predicted molar refractivity (Wildman–Crippen MR) is 99.6 cm³/mol. The normalized spacial score (nSPS) is 13.8. The Labute approximate surface area is 157 Å². The Balaban J connectivity index is 0.00000288. The van der Waals surface area contributed by atoms with Gasteiger partial charge in [-0.15, -0.1) is 24.0 Å². The summed E-state index contributed by atoms with van der Waals surface area (Å²) in [5.41, 5.74) is 1.01. The zero-order valence-electron chi connectivity index (χ0n) is 13.1. The number of benzene rings is 1. The topological polar surface area (TPSA) is 70.7 Å². The third-order valence-electron chi connectivity index (χ3n) is 3.24. The molecule has 0 bridgehead atoms. The average Bonchev–Trinajstić information content (AvgIpc) is 2.60. The SMILES string of the molecule is Cl.O=C(NCCCl)Oc1ccc(CSC(=O)N2CCNCC2)cc1. The summed E-state index contributed by atoms with van der Waals surface area (Å²) in [6.45, 7) is 3.59. The second-order valence-electron chi connectivity index (χ2n) is 4.94. The lowest BCUT2D eigenvalue weighted by molar-refractivity contribution is 0.201. The number of ether oxygens (including phenoxy) is 1. The number of hydrogen-bond acceptors (Lipinski definition) is 5. The van der Waals surface area contributed by atoms with Gasteiger partial charge in [0.2, 0.25) is 0 Å². The number of rotatable bonds is 5. The zero-order valence-corrected chi connectivity index (χ0v) is 15.5. The maximum Gasteiger partial charge on any atom is 0.412 e. The number of nitrogens with one attached hydrogen (secondary N) is 2. The molecule has 1 heterocycles. The monoisotopic (exact) mass is 393 g/mol. The largest absolute Gasteiger partial charge is 0.412 e. The van der Waals surface area contributed by atoms with Crippen LogP contribution in [0, 0.1) is 0 Å². The van der Waals surface area contributed by atoms with Crippen LogP contribution in [0.3, 0.4) is 0 Å². The summed E-state index contributed by atoms with van der Waals surface area (Å²) in [4.78, 5) is 25.3. The summed E-state index contributed by atoms with van der Waals surface area (Å²) in [6, 6.07) is 7.13. The van der Waals surface area contributed by atoms with Crippen LogP contribution in [0.2, 0.25) is 0 Å². The number of hydrogen-bond donors (Lipinski definition) is 2. The predicted octanol–water partition coefficient (Wildman–Crippen LogP) is 2.69. The smallest absolute Gasteiger partial charge is 0.410 e. The maximum atomic E-state index is 12.1. The van der Waals surface area contributed by atoms with E-state index in [4.69, 9.17) is 16.3 Å². The molecule has 0 aliphatic carbocycles. The number of alkyl halides is 1. The van der Waals surface area contributed by atoms with Crippen molar-refractivity contribution in [2.75, 3.05) is 38.6 Å². The van der Waals surface area contributed by atoms with E-state index in [9.17, 15) is 9.59 Å². The van der Waals surface area contributed by atoms with Gasteiger partial charge in [-0.2, -0.15) is 0 Å². The van der Waals surface area contributed by atoms with E-state index in [-0.39, 0.29) is 17.6 Å². The number of nitrogens with zero attached hydrogens (tertiary/aromatic N) is 1. The Morgan fingerprint density at radius 3 is 2.54 bits per heavy atom. The minimum absolute atomic E-state index is 0. The van der Waals surface area contributed by atoms with Crippen molar-refractivity contribution in [2.24, 2.45) is 0 Å². The number of thioether (sulfide) groups is 1. The van der Waals surface area contributed by atoms with Crippen LogP contribution in [0.15, 0.2) is 24.3 Å². The Morgan fingerprint density at radius 2 is 1.92 bits per heavy atom. The average molecular weight is 394 g/mol. The Morgan fingerprint density at radius 1 is 1.25 bits per heavy atom. The van der Waals surface area contributed by atoms with Crippen LogP contribution in [0.4, 0.5) is 9.59 Å². The van der Waals surface area contributed by atoms with Crippen molar-refractivity contribution < 1.29 is 14.3 Å². The van der Waals surface area contributed by atoms with E-state index in [1.165, 1.54) is 11.8 Å². The molecule has 0 saturated carbocycles. The van der Waals surface area contributed by atoms with Crippen molar-refractivity contribution in [3.63, 3.8) is 0 Å². The van der Waals surface area contributed by atoms with Crippen molar-refractivity contribution in [1.29, 1.82) is 0 Å². The second-order valence-corrected chi connectivity index (χ2v) is 6.25. The fourth-order valence-electron chi connectivity index (χ4n) is 2.03. The van der Waals surface area contributed by atoms with Crippen LogP contribution in [-0.2, 0) is 5.75 Å². The van der Waals surface area contributed by atoms with Crippen molar-refractivity contribution in [3.05, 3.63) is 29.8 Å². The molecule has 1 aliphatic heterocycles. The van der Waals surface area contributed by atoms with Gasteiger partial charge in [0.05, 0.1) is 0 Å². The molecule has 9 heteroatoms. The molecule has 0 atom stereocenters. The second kappa shape index (κ2) is 11.4. The highest BCUT2D eigenvalue weighted by molar-refractivity contribution is 8.12. The van der Waals surface area contributed by atoms with E-state index in [0.717, 1.165) is 31.7 Å². The molecule has 2 amide bonds. The van der Waals surface area contributed by atoms with Crippen LogP contribution in [0.25, 0.3) is 0 Å². The van der Waals surface area contributed by atoms with Crippen LogP contribution < -0.4 is 15.4 Å². The molecule has 2 rings (SSSR count). The molecule has 1 aromatic carbocycles. The summed E-state index contributed by atoms with van der Waals surface area (Å²) in [6.07, 6.45) is -0.526. The van der Waals surface area contributed by atoms with E-state index in [2.05, 4.69) is 10.6 Å². The van der Waals surface area contributed by atoms with Gasteiger partial charge in [0, 0.05) is 44.4 Å². The fraction of sp³-hybridized carbons (Fsp3) is 0.467. The minimum atomic E-state index is -0.526. The molecule has 1 saturated heterocycles. The molecule has 2 N–H and O–H groups in total. The Hall–Kier alpha value is -1.15. The lowest BCUT2D eigenvalue weighted by atomic mass is 10.2. The van der Waals surface area contributed by atoms with Gasteiger partial charge < -0.3 is 20.3 Å². The molecule has 6 nitrogen and oxygen atoms in total. The highest BCUT2D eigenvalue weighted by Crippen LogP contribution is 2.19. The van der Waals surface area contributed by atoms with Gasteiger partial charge in [-0.25, -0.2) is 4.79 Å². The van der Waals surface area contributed by atoms with E-state index in [1.54, 1.807) is 12.1 Å². The molecule has 1 fully saturated rings. The highest BCUT2D eigenvalue weighted by Gasteiger charge is 2.16. The molecule has 0 spiro atoms. The number of carbonyl (C=O) groups excluding carboxylic acids is 2. The summed E-state index contributed by atoms with van der Waals surface area (Å²) < 4.78 is 5.09. The summed E-state index contributed by atoms with van der Waals surface area (Å²) >= 11 is 6.77. The van der Waals surface area contributed by atoms with E-state index in [0.29, 0.717) is 23.9 Å². The molecular weight excluding hydrogens is 373 g/mol. The van der Waals surface area contributed by atoms with Gasteiger partial charge in [0.25, 0.3) is 5.24 Å². The minimum Gasteiger partial charge on any atom is -0.410 e. The number of carbonyl (C=O) groups is 2. The van der Waals surface area contributed by atoms with Gasteiger partial charge >= 0.3 is 6.09 Å². The lowest BCUT2D eigenvalue weighted by Crippen LogP contribution is -2.45.